The second-order valence-electron chi connectivity index (χ2n) is 7.05. The Hall–Kier alpha value is -2.90. The molecule has 0 radical (unpaired) electrons. The quantitative estimate of drug-likeness (QED) is 0.755. The highest BCUT2D eigenvalue weighted by Crippen LogP contribution is 2.21. The van der Waals surface area contributed by atoms with Crippen LogP contribution in [0.3, 0.4) is 0 Å². The van der Waals surface area contributed by atoms with Gasteiger partial charge in [-0.05, 0) is 58.1 Å². The predicted octanol–water partition coefficient (Wildman–Crippen LogP) is 1.69. The number of hydrogen-bond donors (Lipinski definition) is 1. The molecule has 1 aliphatic rings. The van der Waals surface area contributed by atoms with Crippen molar-refractivity contribution in [3.05, 3.63) is 46.1 Å². The van der Waals surface area contributed by atoms with Crippen molar-refractivity contribution in [3.8, 4) is 0 Å². The smallest absolute Gasteiger partial charge is 0.291 e. The lowest BCUT2D eigenvalue weighted by Crippen LogP contribution is -2.27. The number of nitrogens with zero attached hydrogens (tertiary/aromatic N) is 6. The summed E-state index contributed by atoms with van der Waals surface area (Å²) in [7, 11) is 0. The Morgan fingerprint density at radius 3 is 2.78 bits per heavy atom. The largest absolute Gasteiger partial charge is 0.349 e. The van der Waals surface area contributed by atoms with Gasteiger partial charge in [-0.25, -0.2) is 19.5 Å². The van der Waals surface area contributed by atoms with E-state index in [0.29, 0.717) is 18.7 Å². The van der Waals surface area contributed by atoms with Crippen molar-refractivity contribution < 1.29 is 4.79 Å². The number of rotatable bonds is 4. The van der Waals surface area contributed by atoms with E-state index in [-0.39, 0.29) is 11.7 Å². The second-order valence-corrected chi connectivity index (χ2v) is 7.05. The summed E-state index contributed by atoms with van der Waals surface area (Å²) in [5, 5.41) is 7.11. The molecule has 0 aliphatic heterocycles. The van der Waals surface area contributed by atoms with Crippen LogP contribution in [-0.2, 0) is 19.3 Å². The zero-order valence-corrected chi connectivity index (χ0v) is 15.9. The molecule has 0 aromatic carbocycles. The van der Waals surface area contributed by atoms with Crippen LogP contribution >= 0.6 is 0 Å². The first kappa shape index (κ1) is 17.5. The summed E-state index contributed by atoms with van der Waals surface area (Å²) in [6.45, 7) is 6.29. The second kappa shape index (κ2) is 7.02. The summed E-state index contributed by atoms with van der Waals surface area (Å²) in [6.07, 6.45) is 5.09. The first-order valence-corrected chi connectivity index (χ1v) is 9.36. The lowest BCUT2D eigenvalue weighted by molar-refractivity contribution is 0.0944. The van der Waals surface area contributed by atoms with Gasteiger partial charge in [-0.3, -0.25) is 4.79 Å². The Kier molecular flexibility index (Phi) is 4.55. The van der Waals surface area contributed by atoms with E-state index in [1.165, 1.54) is 24.1 Å². The van der Waals surface area contributed by atoms with Crippen LogP contribution in [0.15, 0.2) is 6.07 Å². The van der Waals surface area contributed by atoms with Gasteiger partial charge in [0.1, 0.15) is 5.82 Å². The lowest BCUT2D eigenvalue weighted by Gasteiger charge is -2.17. The molecule has 0 fully saturated rings. The Balaban J connectivity index is 1.43. The van der Waals surface area contributed by atoms with E-state index in [1.807, 2.05) is 26.8 Å². The molecule has 8 heteroatoms. The fourth-order valence-corrected chi connectivity index (χ4v) is 3.59. The van der Waals surface area contributed by atoms with Crippen LogP contribution in [0.5, 0.6) is 0 Å². The topological polar surface area (TPSA) is 98.0 Å². The van der Waals surface area contributed by atoms with Crippen molar-refractivity contribution in [2.45, 2.75) is 52.9 Å². The molecule has 1 N–H and O–H groups in total. The summed E-state index contributed by atoms with van der Waals surface area (Å²) in [5.74, 6) is 1.03. The number of aryl methyl sites for hydroxylation is 4. The maximum Gasteiger partial charge on any atom is 0.291 e. The van der Waals surface area contributed by atoms with E-state index in [9.17, 15) is 4.79 Å². The molecule has 3 aromatic heterocycles. The van der Waals surface area contributed by atoms with Gasteiger partial charge in [0.05, 0.1) is 0 Å². The van der Waals surface area contributed by atoms with Crippen LogP contribution in [0.25, 0.3) is 5.78 Å². The highest BCUT2D eigenvalue weighted by atomic mass is 16.2. The molecule has 0 bridgehead atoms. The van der Waals surface area contributed by atoms with E-state index in [0.717, 1.165) is 35.7 Å². The summed E-state index contributed by atoms with van der Waals surface area (Å²) >= 11 is 0. The average molecular weight is 365 g/mol. The number of amides is 1. The summed E-state index contributed by atoms with van der Waals surface area (Å²) in [4.78, 5) is 30.2. The number of carbonyl (C=O) groups is 1. The number of hydrogen-bond acceptors (Lipinski definition) is 6. The van der Waals surface area contributed by atoms with Crippen molar-refractivity contribution in [1.29, 1.82) is 0 Å². The Bertz CT molecular complexity index is 1020. The minimum absolute atomic E-state index is 0.124. The fraction of sp³-hybridized carbons (Fsp3) is 0.474. The van der Waals surface area contributed by atoms with E-state index in [1.54, 1.807) is 4.52 Å². The van der Waals surface area contributed by atoms with Crippen molar-refractivity contribution in [1.82, 2.24) is 34.9 Å². The molecule has 0 spiro atoms. The molecule has 3 heterocycles. The molecule has 27 heavy (non-hydrogen) atoms. The zero-order valence-electron chi connectivity index (χ0n) is 15.9. The number of nitrogens with one attached hydrogen (secondary N) is 1. The van der Waals surface area contributed by atoms with Gasteiger partial charge in [0, 0.05) is 35.7 Å². The lowest BCUT2D eigenvalue weighted by atomic mass is 9.95. The Labute approximate surface area is 157 Å². The zero-order chi connectivity index (χ0) is 19.0. The number of carbonyl (C=O) groups excluding carboxylic acids is 1. The third-order valence-electron chi connectivity index (χ3n) is 4.89. The minimum Gasteiger partial charge on any atom is -0.349 e. The average Bonchev–Trinajstić information content (AvgIpc) is 3.06. The predicted molar refractivity (Wildman–Crippen MR) is 99.7 cm³/mol. The van der Waals surface area contributed by atoms with Crippen LogP contribution < -0.4 is 5.32 Å². The van der Waals surface area contributed by atoms with Crippen LogP contribution in [0.2, 0.25) is 0 Å². The highest BCUT2D eigenvalue weighted by molar-refractivity contribution is 5.90. The summed E-state index contributed by atoms with van der Waals surface area (Å²) < 4.78 is 1.58. The highest BCUT2D eigenvalue weighted by Gasteiger charge is 2.17. The molecular weight excluding hydrogens is 342 g/mol. The van der Waals surface area contributed by atoms with E-state index in [2.05, 4.69) is 25.4 Å². The first-order chi connectivity index (χ1) is 13.0. The molecule has 8 nitrogen and oxygen atoms in total. The summed E-state index contributed by atoms with van der Waals surface area (Å²) in [5.41, 5.74) is 5.29. The van der Waals surface area contributed by atoms with Gasteiger partial charge in [0.15, 0.2) is 0 Å². The Morgan fingerprint density at radius 1 is 1.11 bits per heavy atom. The molecule has 1 amide bonds. The number of fused-ring (bicyclic) bond motifs is 2. The van der Waals surface area contributed by atoms with Crippen molar-refractivity contribution in [2.24, 2.45) is 0 Å². The maximum absolute atomic E-state index is 12.4. The van der Waals surface area contributed by atoms with Crippen molar-refractivity contribution in [2.75, 3.05) is 6.54 Å². The third kappa shape index (κ3) is 3.51. The molecule has 0 unspecified atom stereocenters. The van der Waals surface area contributed by atoms with Gasteiger partial charge in [-0.15, -0.1) is 5.10 Å². The van der Waals surface area contributed by atoms with Crippen molar-refractivity contribution >= 4 is 11.7 Å². The normalized spacial score (nSPS) is 13.6. The summed E-state index contributed by atoms with van der Waals surface area (Å²) in [6, 6.07) is 1.90. The molecule has 0 atom stereocenters. The van der Waals surface area contributed by atoms with Crippen LogP contribution in [0.4, 0.5) is 0 Å². The molecule has 0 saturated carbocycles. The standard InChI is InChI=1S/C19H23N7O/c1-11-10-12(2)26-19(21-11)24-17(25-26)18(27)20-9-8-16-22-13(3)14-6-4-5-7-15(14)23-16/h10H,4-9H2,1-3H3,(H,20,27). The van der Waals surface area contributed by atoms with Gasteiger partial charge < -0.3 is 5.32 Å². The Morgan fingerprint density at radius 2 is 1.93 bits per heavy atom. The van der Waals surface area contributed by atoms with Crippen LogP contribution in [0.1, 0.15) is 57.6 Å². The number of aromatic nitrogens is 6. The maximum atomic E-state index is 12.4. The monoisotopic (exact) mass is 365 g/mol. The molecule has 140 valence electrons. The van der Waals surface area contributed by atoms with E-state index in [4.69, 9.17) is 4.98 Å². The van der Waals surface area contributed by atoms with E-state index < -0.39 is 0 Å². The molecule has 3 aromatic rings. The van der Waals surface area contributed by atoms with Gasteiger partial charge in [0.25, 0.3) is 11.7 Å². The third-order valence-corrected chi connectivity index (χ3v) is 4.89. The van der Waals surface area contributed by atoms with Gasteiger partial charge in [0.2, 0.25) is 5.82 Å². The molecular formula is C19H23N7O. The minimum atomic E-state index is -0.313. The molecule has 0 saturated heterocycles. The van der Waals surface area contributed by atoms with Gasteiger partial charge in [-0.1, -0.05) is 0 Å². The fourth-order valence-electron chi connectivity index (χ4n) is 3.59. The molecule has 4 rings (SSSR count). The first-order valence-electron chi connectivity index (χ1n) is 9.36. The SMILES string of the molecule is Cc1cc(C)n2nc(C(=O)NCCc3nc(C)c4c(n3)CCCC4)nc2n1. The van der Waals surface area contributed by atoms with E-state index >= 15 is 0 Å². The molecule has 1 aliphatic carbocycles. The van der Waals surface area contributed by atoms with Crippen LogP contribution in [-0.4, -0.2) is 42.0 Å². The van der Waals surface area contributed by atoms with Gasteiger partial charge in [-0.2, -0.15) is 4.98 Å². The van der Waals surface area contributed by atoms with Crippen molar-refractivity contribution in [3.63, 3.8) is 0 Å². The van der Waals surface area contributed by atoms with Crippen LogP contribution in [0, 0.1) is 20.8 Å². The van der Waals surface area contributed by atoms with Gasteiger partial charge >= 0.3 is 0 Å².